The smallest absolute Gasteiger partial charge is 0.373 e. The average molecular weight is 407 g/mol. The van der Waals surface area contributed by atoms with E-state index in [0.29, 0.717) is 16.5 Å². The van der Waals surface area contributed by atoms with Gasteiger partial charge in [0.25, 0.3) is 0 Å². The van der Waals surface area contributed by atoms with Gasteiger partial charge in [-0.1, -0.05) is 13.8 Å². The van der Waals surface area contributed by atoms with E-state index in [1.165, 1.54) is 30.6 Å². The van der Waals surface area contributed by atoms with Gasteiger partial charge >= 0.3 is 5.97 Å². The molecular weight excluding hydrogens is 388 g/mol. The quantitative estimate of drug-likeness (QED) is 0.485. The number of carboxylic acids is 1. The fourth-order valence-corrected chi connectivity index (χ4v) is 3.75. The number of aromatic nitrogens is 3. The van der Waals surface area contributed by atoms with Crippen molar-refractivity contribution >= 4 is 16.9 Å². The van der Waals surface area contributed by atoms with Crippen molar-refractivity contribution < 1.29 is 18.7 Å². The van der Waals surface area contributed by atoms with Crippen molar-refractivity contribution in [3.8, 4) is 16.8 Å². The van der Waals surface area contributed by atoms with E-state index in [4.69, 9.17) is 5.11 Å². The van der Waals surface area contributed by atoms with Crippen molar-refractivity contribution in [3.63, 3.8) is 0 Å². The van der Waals surface area contributed by atoms with Gasteiger partial charge in [-0.2, -0.15) is 0 Å². The van der Waals surface area contributed by atoms with Crippen LogP contribution in [0.15, 0.2) is 48.8 Å². The molecule has 0 atom stereocenters. The molecular formula is C23H19F2N3O2. The Balaban J connectivity index is 2.09. The maximum Gasteiger partial charge on any atom is 0.373 e. The Labute approximate surface area is 171 Å². The Bertz CT molecular complexity index is 1280. The van der Waals surface area contributed by atoms with Crippen LogP contribution in [-0.4, -0.2) is 25.6 Å². The Kier molecular flexibility index (Phi) is 4.81. The van der Waals surface area contributed by atoms with Crippen molar-refractivity contribution in [2.24, 2.45) is 0 Å². The van der Waals surface area contributed by atoms with Crippen LogP contribution in [0.3, 0.4) is 0 Å². The van der Waals surface area contributed by atoms with Gasteiger partial charge in [-0.3, -0.25) is 0 Å². The van der Waals surface area contributed by atoms with Gasteiger partial charge in [-0.25, -0.2) is 23.5 Å². The van der Waals surface area contributed by atoms with Gasteiger partial charge in [0.2, 0.25) is 5.82 Å². The lowest BCUT2D eigenvalue weighted by Gasteiger charge is -2.16. The fraction of sp³-hybridized carbons (Fsp3) is 0.174. The van der Waals surface area contributed by atoms with E-state index in [-0.39, 0.29) is 17.6 Å². The van der Waals surface area contributed by atoms with E-state index in [2.05, 4.69) is 9.97 Å². The Hall–Kier alpha value is -3.61. The van der Waals surface area contributed by atoms with E-state index in [1.807, 2.05) is 18.4 Å². The summed E-state index contributed by atoms with van der Waals surface area (Å²) in [7, 11) is 0. The van der Waals surface area contributed by atoms with Crippen molar-refractivity contribution in [2.45, 2.75) is 26.7 Å². The van der Waals surface area contributed by atoms with Crippen molar-refractivity contribution in [3.05, 3.63) is 77.5 Å². The Morgan fingerprint density at radius 2 is 1.77 bits per heavy atom. The summed E-state index contributed by atoms with van der Waals surface area (Å²) in [6.45, 7) is 5.71. The molecule has 4 aromatic rings. The fourth-order valence-electron chi connectivity index (χ4n) is 3.75. The van der Waals surface area contributed by atoms with Gasteiger partial charge in [0.15, 0.2) is 0 Å². The number of benzene rings is 2. The third kappa shape index (κ3) is 3.22. The van der Waals surface area contributed by atoms with Crippen LogP contribution < -0.4 is 0 Å². The second kappa shape index (κ2) is 7.33. The zero-order chi connectivity index (χ0) is 21.6. The zero-order valence-electron chi connectivity index (χ0n) is 16.6. The lowest BCUT2D eigenvalue weighted by molar-refractivity contribution is 0.0683. The maximum atomic E-state index is 14.2. The van der Waals surface area contributed by atoms with Crippen LogP contribution in [0.25, 0.3) is 27.7 Å². The van der Waals surface area contributed by atoms with Crippen LogP contribution in [0.5, 0.6) is 0 Å². The summed E-state index contributed by atoms with van der Waals surface area (Å²) >= 11 is 0. The number of halogens is 2. The summed E-state index contributed by atoms with van der Waals surface area (Å²) in [6, 6.07) is 9.35. The van der Waals surface area contributed by atoms with Crippen LogP contribution in [0, 0.1) is 18.6 Å². The van der Waals surface area contributed by atoms with Crippen molar-refractivity contribution in [1.82, 2.24) is 14.5 Å². The number of aromatic carboxylic acids is 1. The topological polar surface area (TPSA) is 68.0 Å². The SMILES string of the molecule is Cc1cc(-n2c(C(C)C)c(-c3cnc(C(=O)O)nc3)c3cc(F)ccc32)ccc1F. The molecule has 30 heavy (non-hydrogen) atoms. The molecule has 7 heteroatoms. The lowest BCUT2D eigenvalue weighted by atomic mass is 9.98. The van der Waals surface area contributed by atoms with Crippen LogP contribution in [-0.2, 0) is 0 Å². The zero-order valence-corrected chi connectivity index (χ0v) is 16.6. The molecule has 0 aliphatic carbocycles. The molecule has 0 radical (unpaired) electrons. The number of hydrogen-bond donors (Lipinski definition) is 1. The molecule has 0 aliphatic heterocycles. The molecule has 0 saturated heterocycles. The summed E-state index contributed by atoms with van der Waals surface area (Å²) in [5, 5.41) is 9.73. The normalized spacial score (nSPS) is 11.4. The molecule has 2 aromatic carbocycles. The van der Waals surface area contributed by atoms with Gasteiger partial charge in [0.05, 0.1) is 5.52 Å². The van der Waals surface area contributed by atoms with E-state index < -0.39 is 11.8 Å². The first-order valence-corrected chi connectivity index (χ1v) is 9.44. The molecule has 5 nitrogen and oxygen atoms in total. The minimum atomic E-state index is -1.22. The Morgan fingerprint density at radius 1 is 1.07 bits per heavy atom. The summed E-state index contributed by atoms with van der Waals surface area (Å²) in [5.41, 5.74) is 4.18. The minimum Gasteiger partial charge on any atom is -0.475 e. The molecule has 0 saturated carbocycles. The molecule has 2 heterocycles. The largest absolute Gasteiger partial charge is 0.475 e. The average Bonchev–Trinajstić information content (AvgIpc) is 3.04. The highest BCUT2D eigenvalue weighted by molar-refractivity contribution is 5.99. The molecule has 0 fully saturated rings. The predicted molar refractivity (Wildman–Crippen MR) is 110 cm³/mol. The molecule has 0 unspecified atom stereocenters. The molecule has 0 spiro atoms. The number of carbonyl (C=O) groups is 1. The van der Waals surface area contributed by atoms with Gasteiger partial charge in [0, 0.05) is 40.3 Å². The van der Waals surface area contributed by atoms with E-state index >= 15 is 0 Å². The monoisotopic (exact) mass is 407 g/mol. The molecule has 0 amide bonds. The number of aryl methyl sites for hydroxylation is 1. The summed E-state index contributed by atoms with van der Waals surface area (Å²) in [5.74, 6) is -2.21. The van der Waals surface area contributed by atoms with Crippen LogP contribution in [0.4, 0.5) is 8.78 Å². The molecule has 0 bridgehead atoms. The minimum absolute atomic E-state index is 0.0139. The number of rotatable bonds is 4. The van der Waals surface area contributed by atoms with E-state index in [9.17, 15) is 13.6 Å². The maximum absolute atomic E-state index is 14.2. The highest BCUT2D eigenvalue weighted by Crippen LogP contribution is 2.40. The first-order chi connectivity index (χ1) is 14.3. The van der Waals surface area contributed by atoms with Crippen LogP contribution in [0.2, 0.25) is 0 Å². The molecule has 0 aliphatic rings. The standard InChI is InChI=1S/C23H19F2N3O2/c1-12(2)21-20(14-10-26-22(23(29)30)27-11-14)17-9-15(24)4-7-19(17)28(21)16-5-6-18(25)13(3)8-16/h4-12H,1-3H3,(H,29,30). The first kappa shape index (κ1) is 19.7. The van der Waals surface area contributed by atoms with Gasteiger partial charge in [0.1, 0.15) is 11.6 Å². The number of nitrogens with zero attached hydrogens (tertiary/aromatic N) is 3. The summed E-state index contributed by atoms with van der Waals surface area (Å²) in [6.07, 6.45) is 2.87. The van der Waals surface area contributed by atoms with Gasteiger partial charge < -0.3 is 9.67 Å². The lowest BCUT2D eigenvalue weighted by Crippen LogP contribution is -2.05. The van der Waals surface area contributed by atoms with Gasteiger partial charge in [-0.05, 0) is 54.8 Å². The number of carboxylic acid groups (broad SMARTS) is 1. The predicted octanol–water partition coefficient (Wildman–Crippen LogP) is 5.50. The second-order valence-electron chi connectivity index (χ2n) is 7.45. The van der Waals surface area contributed by atoms with Gasteiger partial charge in [-0.15, -0.1) is 0 Å². The number of fused-ring (bicyclic) bond motifs is 1. The van der Waals surface area contributed by atoms with Crippen molar-refractivity contribution in [2.75, 3.05) is 0 Å². The van der Waals surface area contributed by atoms with Crippen LogP contribution >= 0.6 is 0 Å². The molecule has 152 valence electrons. The highest BCUT2D eigenvalue weighted by atomic mass is 19.1. The molecule has 4 rings (SSSR count). The summed E-state index contributed by atoms with van der Waals surface area (Å²) < 4.78 is 30.1. The third-order valence-electron chi connectivity index (χ3n) is 5.04. The third-order valence-corrected chi connectivity index (χ3v) is 5.04. The van der Waals surface area contributed by atoms with Crippen LogP contribution in [0.1, 0.15) is 41.6 Å². The van der Waals surface area contributed by atoms with Crippen molar-refractivity contribution in [1.29, 1.82) is 0 Å². The Morgan fingerprint density at radius 3 is 2.37 bits per heavy atom. The molecule has 2 aromatic heterocycles. The first-order valence-electron chi connectivity index (χ1n) is 9.44. The second-order valence-corrected chi connectivity index (χ2v) is 7.45. The molecule has 1 N–H and O–H groups in total. The van der Waals surface area contributed by atoms with E-state index in [1.54, 1.807) is 25.1 Å². The summed E-state index contributed by atoms with van der Waals surface area (Å²) in [4.78, 5) is 19.0. The number of hydrogen-bond acceptors (Lipinski definition) is 3. The highest BCUT2D eigenvalue weighted by Gasteiger charge is 2.23. The van der Waals surface area contributed by atoms with E-state index in [0.717, 1.165) is 22.5 Å².